The Morgan fingerprint density at radius 2 is 2.09 bits per heavy atom. The van der Waals surface area contributed by atoms with Crippen LogP contribution < -0.4 is 15.4 Å². The number of hydrogen-bond donors (Lipinski definition) is 2. The maximum Gasteiger partial charge on any atom is 0.265 e. The quantitative estimate of drug-likeness (QED) is 0.884. The van der Waals surface area contributed by atoms with Gasteiger partial charge in [-0.05, 0) is 43.3 Å². The van der Waals surface area contributed by atoms with Crippen molar-refractivity contribution in [2.45, 2.75) is 13.0 Å². The number of carbonyl (C=O) groups excluding carboxylic acids is 2. The van der Waals surface area contributed by atoms with E-state index in [-0.39, 0.29) is 16.5 Å². The predicted molar refractivity (Wildman–Crippen MR) is 84.5 cm³/mol. The molecule has 2 aromatic carbocycles. The average Bonchev–Trinajstić information content (AvgIpc) is 2.48. The Morgan fingerprint density at radius 1 is 1.30 bits per heavy atom. The fourth-order valence-electron chi connectivity index (χ4n) is 2.16. The van der Waals surface area contributed by atoms with E-state index in [9.17, 15) is 14.0 Å². The minimum absolute atomic E-state index is 0.124. The van der Waals surface area contributed by atoms with E-state index in [4.69, 9.17) is 16.3 Å². The van der Waals surface area contributed by atoms with Crippen molar-refractivity contribution in [1.29, 1.82) is 0 Å². The summed E-state index contributed by atoms with van der Waals surface area (Å²) in [5, 5.41) is 5.45. The van der Waals surface area contributed by atoms with Gasteiger partial charge in [0.15, 0.2) is 6.10 Å². The monoisotopic (exact) mass is 334 g/mol. The number of anilines is 2. The first-order valence-corrected chi connectivity index (χ1v) is 7.20. The highest BCUT2D eigenvalue weighted by atomic mass is 35.5. The fraction of sp³-hybridized carbons (Fsp3) is 0.125. The van der Waals surface area contributed by atoms with E-state index in [1.807, 2.05) is 0 Å². The molecular weight excluding hydrogens is 323 g/mol. The van der Waals surface area contributed by atoms with Crippen LogP contribution in [0.15, 0.2) is 36.4 Å². The van der Waals surface area contributed by atoms with Crippen molar-refractivity contribution in [2.75, 3.05) is 10.6 Å². The number of fused-ring (bicyclic) bond motifs is 1. The van der Waals surface area contributed by atoms with Gasteiger partial charge in [-0.15, -0.1) is 0 Å². The molecule has 0 saturated heterocycles. The Bertz CT molecular complexity index is 810. The third-order valence-corrected chi connectivity index (χ3v) is 3.58. The molecule has 0 radical (unpaired) electrons. The number of ether oxygens (including phenoxy) is 1. The lowest BCUT2D eigenvalue weighted by molar-refractivity contribution is -0.122. The van der Waals surface area contributed by atoms with Crippen molar-refractivity contribution >= 4 is 34.8 Å². The molecular formula is C16H12ClFN2O3. The lowest BCUT2D eigenvalue weighted by atomic mass is 10.1. The molecule has 5 nitrogen and oxygen atoms in total. The molecule has 0 aromatic heterocycles. The molecule has 0 saturated carbocycles. The van der Waals surface area contributed by atoms with Gasteiger partial charge in [0, 0.05) is 10.7 Å². The van der Waals surface area contributed by atoms with Gasteiger partial charge >= 0.3 is 0 Å². The summed E-state index contributed by atoms with van der Waals surface area (Å²) in [5.41, 5.74) is 0.727. The number of benzene rings is 2. The van der Waals surface area contributed by atoms with Gasteiger partial charge in [0.1, 0.15) is 11.6 Å². The van der Waals surface area contributed by atoms with E-state index in [2.05, 4.69) is 10.6 Å². The highest BCUT2D eigenvalue weighted by molar-refractivity contribution is 6.30. The molecule has 7 heteroatoms. The summed E-state index contributed by atoms with van der Waals surface area (Å²) in [4.78, 5) is 23.7. The van der Waals surface area contributed by atoms with E-state index in [0.717, 1.165) is 6.07 Å². The molecule has 2 aromatic rings. The summed E-state index contributed by atoms with van der Waals surface area (Å²) < 4.78 is 19.2. The molecule has 0 bridgehead atoms. The Labute approximate surface area is 136 Å². The van der Waals surface area contributed by atoms with E-state index in [1.165, 1.54) is 12.1 Å². The molecule has 1 aliphatic rings. The lowest BCUT2D eigenvalue weighted by Crippen LogP contribution is -2.34. The van der Waals surface area contributed by atoms with Crippen molar-refractivity contribution in [3.63, 3.8) is 0 Å². The summed E-state index contributed by atoms with van der Waals surface area (Å²) in [6, 6.07) is 8.58. The molecule has 23 heavy (non-hydrogen) atoms. The first-order valence-electron chi connectivity index (χ1n) is 6.82. The van der Waals surface area contributed by atoms with Gasteiger partial charge < -0.3 is 15.4 Å². The number of hydrogen-bond acceptors (Lipinski definition) is 3. The Hall–Kier alpha value is -2.60. The first-order chi connectivity index (χ1) is 10.9. The molecule has 1 aliphatic heterocycles. The smallest absolute Gasteiger partial charge is 0.265 e. The van der Waals surface area contributed by atoms with Gasteiger partial charge in [0.05, 0.1) is 11.3 Å². The number of carbonyl (C=O) groups is 2. The number of rotatable bonds is 2. The molecule has 0 aliphatic carbocycles. The maximum atomic E-state index is 13.7. The van der Waals surface area contributed by atoms with Crippen LogP contribution in [0.25, 0.3) is 0 Å². The van der Waals surface area contributed by atoms with Crippen LogP contribution in [-0.2, 0) is 4.79 Å². The summed E-state index contributed by atoms with van der Waals surface area (Å²) in [7, 11) is 0. The highest BCUT2D eigenvalue weighted by Gasteiger charge is 2.23. The predicted octanol–water partition coefficient (Wildman–Crippen LogP) is 3.45. The number of nitrogens with one attached hydrogen (secondary N) is 2. The second-order valence-electron chi connectivity index (χ2n) is 5.04. The average molecular weight is 335 g/mol. The van der Waals surface area contributed by atoms with Gasteiger partial charge in [-0.3, -0.25) is 9.59 Å². The molecule has 0 spiro atoms. The third kappa shape index (κ3) is 3.12. The summed E-state index contributed by atoms with van der Waals surface area (Å²) >= 11 is 5.66. The normalized spacial score (nSPS) is 16.1. The van der Waals surface area contributed by atoms with E-state index < -0.39 is 17.8 Å². The van der Waals surface area contributed by atoms with Crippen molar-refractivity contribution in [3.05, 3.63) is 52.8 Å². The van der Waals surface area contributed by atoms with Gasteiger partial charge in [0.25, 0.3) is 11.8 Å². The minimum atomic E-state index is -0.710. The molecule has 0 unspecified atom stereocenters. The molecule has 2 N–H and O–H groups in total. The summed E-state index contributed by atoms with van der Waals surface area (Å²) in [6.07, 6.45) is -0.578. The Balaban J connectivity index is 1.82. The zero-order chi connectivity index (χ0) is 16.6. The number of amides is 2. The van der Waals surface area contributed by atoms with Crippen molar-refractivity contribution in [1.82, 2.24) is 0 Å². The highest BCUT2D eigenvalue weighted by Crippen LogP contribution is 2.32. The second-order valence-corrected chi connectivity index (χ2v) is 5.47. The van der Waals surface area contributed by atoms with Crippen LogP contribution in [0.3, 0.4) is 0 Å². The zero-order valence-electron chi connectivity index (χ0n) is 12.0. The minimum Gasteiger partial charge on any atom is -0.479 e. The molecule has 1 heterocycles. The first kappa shape index (κ1) is 15.3. The van der Waals surface area contributed by atoms with Crippen LogP contribution in [0, 0.1) is 5.82 Å². The molecule has 1 atom stereocenters. The molecule has 0 fully saturated rings. The topological polar surface area (TPSA) is 67.4 Å². The lowest BCUT2D eigenvalue weighted by Gasteiger charge is -2.23. The standard InChI is InChI=1S/C16H12ClFN2O3/c1-8-15(21)20-13-7-10(3-5-14(13)23-8)19-16(22)11-4-2-9(17)6-12(11)18/h2-8H,1H3,(H,19,22)(H,20,21)/t8-/m1/s1. The van der Waals surface area contributed by atoms with Crippen molar-refractivity contribution in [2.24, 2.45) is 0 Å². The second kappa shape index (κ2) is 5.89. The fourth-order valence-corrected chi connectivity index (χ4v) is 2.32. The van der Waals surface area contributed by atoms with Gasteiger partial charge in [-0.2, -0.15) is 0 Å². The van der Waals surface area contributed by atoms with Crippen LogP contribution in [0.4, 0.5) is 15.8 Å². The SMILES string of the molecule is C[C@H]1Oc2ccc(NC(=O)c3ccc(Cl)cc3F)cc2NC1=O. The van der Waals surface area contributed by atoms with Crippen molar-refractivity contribution < 1.29 is 18.7 Å². The molecule has 118 valence electrons. The van der Waals surface area contributed by atoms with Gasteiger partial charge in [0.2, 0.25) is 0 Å². The van der Waals surface area contributed by atoms with Gasteiger partial charge in [-0.1, -0.05) is 11.6 Å². The van der Waals surface area contributed by atoms with Crippen molar-refractivity contribution in [3.8, 4) is 5.75 Å². The Kier molecular flexibility index (Phi) is 3.92. The summed E-state index contributed by atoms with van der Waals surface area (Å²) in [5.74, 6) is -1.09. The van der Waals surface area contributed by atoms with Crippen LogP contribution in [0.1, 0.15) is 17.3 Å². The molecule has 2 amide bonds. The zero-order valence-corrected chi connectivity index (χ0v) is 12.8. The summed E-state index contributed by atoms with van der Waals surface area (Å²) in [6.45, 7) is 1.64. The largest absolute Gasteiger partial charge is 0.479 e. The third-order valence-electron chi connectivity index (χ3n) is 3.34. The van der Waals surface area contributed by atoms with Crippen LogP contribution >= 0.6 is 11.6 Å². The van der Waals surface area contributed by atoms with E-state index in [0.29, 0.717) is 17.1 Å². The number of halogens is 2. The van der Waals surface area contributed by atoms with Crippen LogP contribution in [0.5, 0.6) is 5.75 Å². The van der Waals surface area contributed by atoms with E-state index in [1.54, 1.807) is 25.1 Å². The van der Waals surface area contributed by atoms with Crippen LogP contribution in [0.2, 0.25) is 5.02 Å². The van der Waals surface area contributed by atoms with Gasteiger partial charge in [-0.25, -0.2) is 4.39 Å². The Morgan fingerprint density at radius 3 is 2.83 bits per heavy atom. The van der Waals surface area contributed by atoms with Crippen LogP contribution in [-0.4, -0.2) is 17.9 Å². The maximum absolute atomic E-state index is 13.7. The molecule has 3 rings (SSSR count). The van der Waals surface area contributed by atoms with E-state index >= 15 is 0 Å².